The van der Waals surface area contributed by atoms with Gasteiger partial charge in [0.25, 0.3) is 0 Å². The number of hydrogen-bond acceptors (Lipinski definition) is 4. The van der Waals surface area contributed by atoms with E-state index in [-0.39, 0.29) is 5.65 Å². The fraction of sp³-hybridized carbons (Fsp3) is 0.118. The van der Waals surface area contributed by atoms with Crippen molar-refractivity contribution in [2.24, 2.45) is 0 Å². The average Bonchev–Trinajstić information content (AvgIpc) is 3.01. The Bertz CT molecular complexity index is 1050. The number of para-hydroxylation sites is 1. The molecule has 0 aliphatic carbocycles. The zero-order valence-electron chi connectivity index (χ0n) is 12.8. The molecule has 0 radical (unpaired) electrons. The summed E-state index contributed by atoms with van der Waals surface area (Å²) < 4.78 is 39.8. The number of benzene rings is 1. The number of anilines is 1. The Hall–Kier alpha value is -3.16. The van der Waals surface area contributed by atoms with Crippen LogP contribution >= 0.6 is 0 Å². The molecule has 0 bridgehead atoms. The number of pyridine rings is 2. The van der Waals surface area contributed by atoms with Gasteiger partial charge in [0.05, 0.1) is 17.6 Å². The van der Waals surface area contributed by atoms with Crippen LogP contribution in [-0.4, -0.2) is 19.6 Å². The van der Waals surface area contributed by atoms with Crippen LogP contribution < -0.4 is 5.32 Å². The number of halogens is 3. The van der Waals surface area contributed by atoms with E-state index in [1.165, 1.54) is 10.6 Å². The minimum absolute atomic E-state index is 0.159. The van der Waals surface area contributed by atoms with Crippen molar-refractivity contribution in [3.05, 3.63) is 66.2 Å². The van der Waals surface area contributed by atoms with Crippen molar-refractivity contribution in [1.29, 1.82) is 0 Å². The smallest absolute Gasteiger partial charge is 0.377 e. The van der Waals surface area contributed by atoms with E-state index < -0.39 is 11.7 Å². The van der Waals surface area contributed by atoms with Crippen LogP contribution in [0.15, 0.2) is 54.9 Å². The number of rotatable bonds is 3. The summed E-state index contributed by atoms with van der Waals surface area (Å²) in [6.45, 7) is 0.320. The molecule has 0 spiro atoms. The molecule has 1 N–H and O–H groups in total. The summed E-state index contributed by atoms with van der Waals surface area (Å²) in [6.07, 6.45) is -1.37. The Kier molecular flexibility index (Phi) is 3.52. The van der Waals surface area contributed by atoms with Gasteiger partial charge in [-0.3, -0.25) is 9.38 Å². The second-order valence-corrected chi connectivity index (χ2v) is 5.49. The highest BCUT2D eigenvalue weighted by molar-refractivity contribution is 5.90. The van der Waals surface area contributed by atoms with Gasteiger partial charge in [-0.2, -0.15) is 13.2 Å². The largest absolute Gasteiger partial charge is 0.416 e. The predicted octanol–water partition coefficient (Wildman–Crippen LogP) is 3.91. The molecule has 0 amide bonds. The Morgan fingerprint density at radius 1 is 1.04 bits per heavy atom. The van der Waals surface area contributed by atoms with E-state index in [4.69, 9.17) is 0 Å². The molecule has 0 aliphatic rings. The fourth-order valence-corrected chi connectivity index (χ4v) is 2.66. The quantitative estimate of drug-likeness (QED) is 0.613. The molecular formula is C17H12F3N5. The van der Waals surface area contributed by atoms with Crippen LogP contribution in [-0.2, 0) is 12.7 Å². The lowest BCUT2D eigenvalue weighted by Crippen LogP contribution is -2.07. The summed E-state index contributed by atoms with van der Waals surface area (Å²) in [5.41, 5.74) is 1.14. The number of alkyl halides is 3. The summed E-state index contributed by atoms with van der Waals surface area (Å²) in [5.74, 6) is 0.518. The standard InChI is InChI=1S/C17H12F3N5/c18-17(19,20)11-6-8-25-15(9-11)23-24-16(25)10-22-14-5-7-21-13-4-2-1-3-12(13)14/h1-9H,10H2,(H,21,22). The third kappa shape index (κ3) is 2.86. The molecule has 0 fully saturated rings. The lowest BCUT2D eigenvalue weighted by molar-refractivity contribution is -0.137. The highest BCUT2D eigenvalue weighted by Gasteiger charge is 2.31. The van der Waals surface area contributed by atoms with Crippen molar-refractivity contribution in [3.63, 3.8) is 0 Å². The van der Waals surface area contributed by atoms with Crippen molar-refractivity contribution in [1.82, 2.24) is 19.6 Å². The fourth-order valence-electron chi connectivity index (χ4n) is 2.66. The molecule has 4 rings (SSSR count). The Morgan fingerprint density at radius 2 is 1.88 bits per heavy atom. The van der Waals surface area contributed by atoms with Crippen LogP contribution in [0.2, 0.25) is 0 Å². The van der Waals surface area contributed by atoms with E-state index in [0.717, 1.165) is 28.7 Å². The second kappa shape index (κ2) is 5.73. The van der Waals surface area contributed by atoms with Gasteiger partial charge in [-0.25, -0.2) is 0 Å². The molecule has 4 aromatic rings. The highest BCUT2D eigenvalue weighted by atomic mass is 19.4. The minimum Gasteiger partial charge on any atom is -0.377 e. The van der Waals surface area contributed by atoms with Crippen molar-refractivity contribution >= 4 is 22.2 Å². The van der Waals surface area contributed by atoms with Gasteiger partial charge in [-0.05, 0) is 24.3 Å². The number of fused-ring (bicyclic) bond motifs is 2. The van der Waals surface area contributed by atoms with Gasteiger partial charge < -0.3 is 5.32 Å². The zero-order valence-corrected chi connectivity index (χ0v) is 12.8. The molecule has 126 valence electrons. The molecule has 5 nitrogen and oxygen atoms in total. The van der Waals surface area contributed by atoms with Crippen molar-refractivity contribution in [2.45, 2.75) is 12.7 Å². The first kappa shape index (κ1) is 15.4. The number of aromatic nitrogens is 4. The molecule has 3 aromatic heterocycles. The molecule has 0 saturated carbocycles. The van der Waals surface area contributed by atoms with Gasteiger partial charge in [-0.15, -0.1) is 10.2 Å². The summed E-state index contributed by atoms with van der Waals surface area (Å²) in [7, 11) is 0. The number of nitrogens with zero attached hydrogens (tertiary/aromatic N) is 4. The molecule has 0 atom stereocenters. The summed E-state index contributed by atoms with van der Waals surface area (Å²) in [5, 5.41) is 12.0. The Labute approximate surface area is 140 Å². The number of nitrogens with one attached hydrogen (secondary N) is 1. The first-order chi connectivity index (χ1) is 12.0. The number of hydrogen-bond donors (Lipinski definition) is 1. The van der Waals surface area contributed by atoms with Gasteiger partial charge in [0.2, 0.25) is 0 Å². The van der Waals surface area contributed by atoms with Crippen LogP contribution in [0.1, 0.15) is 11.4 Å². The minimum atomic E-state index is -4.40. The van der Waals surface area contributed by atoms with E-state index >= 15 is 0 Å². The average molecular weight is 343 g/mol. The lowest BCUT2D eigenvalue weighted by Gasteiger charge is -2.09. The van der Waals surface area contributed by atoms with E-state index in [9.17, 15) is 13.2 Å². The van der Waals surface area contributed by atoms with Gasteiger partial charge in [0, 0.05) is 23.5 Å². The topological polar surface area (TPSA) is 55.1 Å². The van der Waals surface area contributed by atoms with E-state index in [0.29, 0.717) is 12.4 Å². The Balaban J connectivity index is 1.63. The second-order valence-electron chi connectivity index (χ2n) is 5.49. The van der Waals surface area contributed by atoms with Crippen molar-refractivity contribution < 1.29 is 13.2 Å². The van der Waals surface area contributed by atoms with Crippen LogP contribution in [0.5, 0.6) is 0 Å². The van der Waals surface area contributed by atoms with Gasteiger partial charge in [-0.1, -0.05) is 18.2 Å². The molecule has 25 heavy (non-hydrogen) atoms. The zero-order chi connectivity index (χ0) is 17.4. The van der Waals surface area contributed by atoms with Crippen LogP contribution in [0.25, 0.3) is 16.6 Å². The predicted molar refractivity (Wildman–Crippen MR) is 87.1 cm³/mol. The first-order valence-electron chi connectivity index (χ1n) is 7.51. The molecule has 0 saturated heterocycles. The summed E-state index contributed by atoms with van der Waals surface area (Å²) >= 11 is 0. The van der Waals surface area contributed by atoms with Crippen LogP contribution in [0.4, 0.5) is 18.9 Å². The summed E-state index contributed by atoms with van der Waals surface area (Å²) in [6, 6.07) is 11.5. The SMILES string of the molecule is FC(F)(F)c1ccn2c(CNc3ccnc4ccccc34)nnc2c1. The third-order valence-corrected chi connectivity index (χ3v) is 3.89. The van der Waals surface area contributed by atoms with Crippen molar-refractivity contribution in [2.75, 3.05) is 5.32 Å². The van der Waals surface area contributed by atoms with Crippen LogP contribution in [0, 0.1) is 0 Å². The van der Waals surface area contributed by atoms with Crippen LogP contribution in [0.3, 0.4) is 0 Å². The Morgan fingerprint density at radius 3 is 2.72 bits per heavy atom. The normalized spacial score (nSPS) is 12.0. The highest BCUT2D eigenvalue weighted by Crippen LogP contribution is 2.29. The van der Waals surface area contributed by atoms with E-state index in [1.807, 2.05) is 30.3 Å². The molecule has 0 unspecified atom stereocenters. The van der Waals surface area contributed by atoms with E-state index in [1.54, 1.807) is 6.20 Å². The lowest BCUT2D eigenvalue weighted by atomic mass is 10.2. The first-order valence-corrected chi connectivity index (χ1v) is 7.51. The molecule has 0 aliphatic heterocycles. The van der Waals surface area contributed by atoms with Crippen molar-refractivity contribution in [3.8, 4) is 0 Å². The van der Waals surface area contributed by atoms with Gasteiger partial charge >= 0.3 is 6.18 Å². The maximum absolute atomic E-state index is 12.8. The maximum atomic E-state index is 12.8. The maximum Gasteiger partial charge on any atom is 0.416 e. The van der Waals surface area contributed by atoms with E-state index in [2.05, 4.69) is 20.5 Å². The van der Waals surface area contributed by atoms with Gasteiger partial charge in [0.1, 0.15) is 0 Å². The third-order valence-electron chi connectivity index (χ3n) is 3.89. The molecule has 1 aromatic carbocycles. The molecular weight excluding hydrogens is 331 g/mol. The monoisotopic (exact) mass is 343 g/mol. The van der Waals surface area contributed by atoms with Gasteiger partial charge in [0.15, 0.2) is 11.5 Å². The molecule has 8 heteroatoms. The molecule has 3 heterocycles. The summed E-state index contributed by atoms with van der Waals surface area (Å²) in [4.78, 5) is 4.29.